The van der Waals surface area contributed by atoms with Crippen molar-refractivity contribution in [2.75, 3.05) is 34.5 Å². The van der Waals surface area contributed by atoms with Crippen LogP contribution in [0.2, 0.25) is 0 Å². The van der Waals surface area contributed by atoms with Crippen LogP contribution in [0, 0.1) is 35.5 Å². The molecule has 13 atom stereocenters. The molecule has 0 aromatic carbocycles. The number of ketones is 3. The molecule has 2 heterocycles. The number of aldehydes is 1. The van der Waals surface area contributed by atoms with Crippen LogP contribution < -0.4 is 0 Å². The number of aliphatic hydroxyl groups excluding tert-OH is 1. The van der Waals surface area contributed by atoms with E-state index in [1.807, 2.05) is 51.2 Å². The summed E-state index contributed by atoms with van der Waals surface area (Å²) in [7, 11) is 4.66. The lowest BCUT2D eigenvalue weighted by atomic mass is 9.78. The summed E-state index contributed by atoms with van der Waals surface area (Å²) in [5, 5.41) is 22.3. The molecule has 0 aromatic rings. The Hall–Kier alpha value is -3.66. The molecule has 0 unspecified atom stereocenters. The van der Waals surface area contributed by atoms with Crippen molar-refractivity contribution in [3.63, 3.8) is 0 Å². The van der Waals surface area contributed by atoms with Crippen molar-refractivity contribution in [1.29, 1.82) is 0 Å². The van der Waals surface area contributed by atoms with Gasteiger partial charge in [0.25, 0.3) is 11.7 Å². The number of amides is 1. The maximum atomic E-state index is 14.2. The van der Waals surface area contributed by atoms with Gasteiger partial charge in [-0.3, -0.25) is 24.0 Å². The van der Waals surface area contributed by atoms with E-state index in [1.165, 1.54) is 12.0 Å². The number of ether oxygens (including phenoxy) is 5. The number of nitrogens with zero attached hydrogens (tertiary/aromatic N) is 1. The smallest absolute Gasteiger partial charge is 0.329 e. The minimum absolute atomic E-state index is 0.0796. The first-order valence-electron chi connectivity index (χ1n) is 23.7. The Balaban J connectivity index is 1.73. The number of allylic oxidation sites excluding steroid dienone is 7. The molecule has 2 saturated heterocycles. The molecule has 3 fully saturated rings. The lowest BCUT2D eigenvalue weighted by Gasteiger charge is -2.42. The van der Waals surface area contributed by atoms with Crippen LogP contribution >= 0.6 is 0 Å². The molecule has 0 aromatic heterocycles. The summed E-state index contributed by atoms with van der Waals surface area (Å²) in [6, 6.07) is -1.12. The van der Waals surface area contributed by atoms with E-state index in [9.17, 15) is 39.0 Å². The zero-order valence-electron chi connectivity index (χ0n) is 40.7. The summed E-state index contributed by atoms with van der Waals surface area (Å²) in [5.41, 5.74) is 1.30. The van der Waals surface area contributed by atoms with E-state index in [1.54, 1.807) is 41.1 Å². The van der Waals surface area contributed by atoms with Gasteiger partial charge in [-0.1, -0.05) is 71.1 Å². The third-order valence-electron chi connectivity index (χ3n) is 13.7. The average Bonchev–Trinajstić information content (AvgIpc) is 3.28. The number of piperidine rings is 1. The number of methoxy groups -OCH3 is 3. The molecular formula is C51H79NO13. The molecule has 0 bridgehead atoms. The Labute approximate surface area is 387 Å². The van der Waals surface area contributed by atoms with Crippen LogP contribution in [0.3, 0.4) is 0 Å². The summed E-state index contributed by atoms with van der Waals surface area (Å²) >= 11 is 0. The second kappa shape index (κ2) is 27.2. The zero-order valence-corrected chi connectivity index (χ0v) is 40.7. The van der Waals surface area contributed by atoms with E-state index in [4.69, 9.17) is 23.7 Å². The number of carbonyl (C=O) groups excluding carboxylic acids is 6. The van der Waals surface area contributed by atoms with Gasteiger partial charge in [0.05, 0.1) is 24.4 Å². The van der Waals surface area contributed by atoms with E-state index in [0.29, 0.717) is 63.2 Å². The highest BCUT2D eigenvalue weighted by molar-refractivity contribution is 6.39. The standard InChI is InChI=1S/C51H79NO13/c1-32(24-36(5)44(56)31-61-8)16-12-11-13-17-34(3)45(62-9)28-40-21-19-38(7)51(60,65-40)48(57)49(58)52-23-15-14-18-41(52)50(59)64-46(29-43(55)35(4)25-33(2)30-53)37(6)26-39-20-22-42(54)47(27-39)63-10/h11-13,16-17,25,30,32,35-42,45-47,54,60H,14-15,18-24,26-29,31H2,1-10H3/b13-11+,16-12-,33-25+,34-17+/t32-,35-,36-,37-,38-,39+,40+,41+,42-,45+,46+,47-,51-/m1/s1. The van der Waals surface area contributed by atoms with Gasteiger partial charge >= 0.3 is 5.97 Å². The van der Waals surface area contributed by atoms with E-state index in [-0.39, 0.29) is 67.3 Å². The van der Waals surface area contributed by atoms with Crippen LogP contribution in [0.25, 0.3) is 0 Å². The van der Waals surface area contributed by atoms with E-state index < -0.39 is 65.7 Å². The first kappa shape index (κ1) is 55.7. The minimum atomic E-state index is -2.44. The number of hydrogen-bond donors (Lipinski definition) is 2. The lowest BCUT2D eigenvalue weighted by Crippen LogP contribution is -2.61. The third kappa shape index (κ3) is 16.6. The summed E-state index contributed by atoms with van der Waals surface area (Å²) in [5.74, 6) is -6.84. The van der Waals surface area contributed by atoms with Crippen molar-refractivity contribution in [3.05, 3.63) is 47.6 Å². The summed E-state index contributed by atoms with van der Waals surface area (Å²) in [4.78, 5) is 80.6. The molecule has 3 aliphatic rings. The van der Waals surface area contributed by atoms with Crippen LogP contribution in [-0.2, 0) is 52.5 Å². The van der Waals surface area contributed by atoms with Crippen molar-refractivity contribution in [1.82, 2.24) is 4.90 Å². The van der Waals surface area contributed by atoms with Crippen molar-refractivity contribution in [3.8, 4) is 0 Å². The minimum Gasteiger partial charge on any atom is -0.460 e. The summed E-state index contributed by atoms with van der Waals surface area (Å²) in [6.45, 7) is 13.0. The largest absolute Gasteiger partial charge is 0.460 e. The second-order valence-corrected chi connectivity index (χ2v) is 19.1. The molecule has 0 spiro atoms. The van der Waals surface area contributed by atoms with Gasteiger partial charge in [-0.2, -0.15) is 0 Å². The van der Waals surface area contributed by atoms with Crippen molar-refractivity contribution >= 4 is 35.5 Å². The number of carbonyl (C=O) groups is 6. The fourth-order valence-electron chi connectivity index (χ4n) is 9.44. The van der Waals surface area contributed by atoms with Crippen LogP contribution in [0.1, 0.15) is 126 Å². The van der Waals surface area contributed by atoms with E-state index in [0.717, 1.165) is 18.4 Å². The summed E-state index contributed by atoms with van der Waals surface area (Å²) in [6.07, 6.45) is 14.9. The molecule has 2 N–H and O–H groups in total. The maximum absolute atomic E-state index is 14.2. The van der Waals surface area contributed by atoms with E-state index >= 15 is 0 Å². The quantitative estimate of drug-likeness (QED) is 0.0326. The number of hydrogen-bond acceptors (Lipinski definition) is 13. The Bertz CT molecular complexity index is 1720. The predicted molar refractivity (Wildman–Crippen MR) is 246 cm³/mol. The van der Waals surface area contributed by atoms with Crippen molar-refractivity contribution < 1.29 is 62.7 Å². The summed E-state index contributed by atoms with van der Waals surface area (Å²) < 4.78 is 28.6. The van der Waals surface area contributed by atoms with Gasteiger partial charge in [0, 0.05) is 58.5 Å². The first-order valence-corrected chi connectivity index (χ1v) is 23.7. The van der Waals surface area contributed by atoms with Gasteiger partial charge in [-0.25, -0.2) is 4.79 Å². The van der Waals surface area contributed by atoms with Gasteiger partial charge in [0.15, 0.2) is 5.78 Å². The number of esters is 1. The molecule has 0 radical (unpaired) electrons. The lowest BCUT2D eigenvalue weighted by molar-refractivity contribution is -0.265. The monoisotopic (exact) mass is 914 g/mol. The van der Waals surface area contributed by atoms with Gasteiger partial charge in [0.1, 0.15) is 30.8 Å². The third-order valence-corrected chi connectivity index (χ3v) is 13.7. The van der Waals surface area contributed by atoms with Crippen LogP contribution in [0.15, 0.2) is 47.6 Å². The van der Waals surface area contributed by atoms with Crippen LogP contribution in [-0.4, -0.2) is 127 Å². The second-order valence-electron chi connectivity index (χ2n) is 19.1. The molecule has 14 nitrogen and oxygen atoms in total. The van der Waals surface area contributed by atoms with Gasteiger partial charge in [-0.15, -0.1) is 0 Å². The number of aliphatic hydroxyl groups is 2. The fourth-order valence-corrected chi connectivity index (χ4v) is 9.44. The van der Waals surface area contributed by atoms with Crippen molar-refractivity contribution in [2.45, 2.75) is 168 Å². The Kier molecular flexibility index (Phi) is 23.3. The highest BCUT2D eigenvalue weighted by Crippen LogP contribution is 2.37. The maximum Gasteiger partial charge on any atom is 0.329 e. The highest BCUT2D eigenvalue weighted by atomic mass is 16.6. The number of likely N-dealkylation sites (tertiary alicyclic amines) is 1. The molecule has 1 amide bonds. The molecule has 2 aliphatic heterocycles. The average molecular weight is 914 g/mol. The normalized spacial score (nSPS) is 28.6. The highest BCUT2D eigenvalue weighted by Gasteiger charge is 2.53. The van der Waals surface area contributed by atoms with Crippen LogP contribution in [0.5, 0.6) is 0 Å². The number of rotatable bonds is 25. The molecule has 1 aliphatic carbocycles. The molecule has 65 heavy (non-hydrogen) atoms. The van der Waals surface area contributed by atoms with E-state index in [2.05, 4.69) is 6.92 Å². The molecular weight excluding hydrogens is 835 g/mol. The van der Waals surface area contributed by atoms with Crippen molar-refractivity contribution in [2.24, 2.45) is 35.5 Å². The van der Waals surface area contributed by atoms with Gasteiger partial charge < -0.3 is 38.8 Å². The molecule has 3 rings (SSSR count). The Morgan fingerprint density at radius 3 is 2.29 bits per heavy atom. The Morgan fingerprint density at radius 1 is 0.908 bits per heavy atom. The van der Waals surface area contributed by atoms with Gasteiger partial charge in [-0.05, 0) is 107 Å². The molecule has 14 heteroatoms. The predicted octanol–water partition coefficient (Wildman–Crippen LogP) is 6.64. The fraction of sp³-hybridized carbons (Fsp3) is 0.725. The molecule has 366 valence electrons. The SMILES string of the molecule is COCC(=O)[C@H](C)C[C@H](C)\C=C/C=C/C=C(\C)[C@H](C[C@@H]1CC[C@@H](C)[C@](O)(C(=O)C(=O)N2CCCC[C@H]2C(=O)O[C@@H](CC(=O)[C@H](C)/C=C(\C)C=O)[C@H](C)C[C@@H]2CC[C@@H](O)[C@H](OC)C2)O1)OC. The van der Waals surface area contributed by atoms with Gasteiger partial charge in [0.2, 0.25) is 5.79 Å². The zero-order chi connectivity index (χ0) is 48.4. The first-order chi connectivity index (χ1) is 30.8. The molecule has 1 saturated carbocycles. The van der Waals surface area contributed by atoms with Crippen LogP contribution in [0.4, 0.5) is 0 Å². The number of Topliss-reactive ketones (excluding diaryl/α,β-unsaturated/α-hetero) is 3. The topological polar surface area (TPSA) is 192 Å². The Morgan fingerprint density at radius 2 is 1.63 bits per heavy atom.